The van der Waals surface area contributed by atoms with E-state index in [2.05, 4.69) is 9.97 Å². The summed E-state index contributed by atoms with van der Waals surface area (Å²) in [7, 11) is 0. The van der Waals surface area contributed by atoms with Gasteiger partial charge in [-0.15, -0.1) is 0 Å². The predicted molar refractivity (Wildman–Crippen MR) is 70.0 cm³/mol. The predicted octanol–water partition coefficient (Wildman–Crippen LogP) is 2.85. The Kier molecular flexibility index (Phi) is 2.93. The number of aliphatic hydroxyl groups is 1. The number of aromatic nitrogens is 2. The van der Waals surface area contributed by atoms with Crippen molar-refractivity contribution in [3.8, 4) is 0 Å². The minimum Gasteiger partial charge on any atom is -0.382 e. The zero-order chi connectivity index (χ0) is 13.2. The fourth-order valence-corrected chi connectivity index (χ4v) is 2.11. The van der Waals surface area contributed by atoms with E-state index in [0.717, 1.165) is 10.9 Å². The van der Waals surface area contributed by atoms with E-state index < -0.39 is 11.9 Å². The quantitative estimate of drug-likeness (QED) is 0.764. The summed E-state index contributed by atoms with van der Waals surface area (Å²) in [5.74, 6) is -0.518. The topological polar surface area (TPSA) is 46.0 Å². The molecule has 3 rings (SSSR count). The minimum absolute atomic E-state index is 0.0267. The number of pyridine rings is 2. The van der Waals surface area contributed by atoms with Crippen LogP contribution in [0, 0.1) is 5.82 Å². The molecule has 0 saturated heterocycles. The first kappa shape index (κ1) is 11.7. The fourth-order valence-electron chi connectivity index (χ4n) is 2.11. The molecule has 0 fully saturated rings. The lowest BCUT2D eigenvalue weighted by atomic mass is 10.0. The van der Waals surface area contributed by atoms with Crippen molar-refractivity contribution < 1.29 is 9.50 Å². The van der Waals surface area contributed by atoms with Gasteiger partial charge >= 0.3 is 0 Å². The largest absolute Gasteiger partial charge is 0.382 e. The maximum Gasteiger partial charge on any atom is 0.147 e. The average Bonchev–Trinajstić information content (AvgIpc) is 2.46. The zero-order valence-electron chi connectivity index (χ0n) is 9.99. The molecular weight excluding hydrogens is 243 g/mol. The molecule has 0 radical (unpaired) electrons. The number of hydrogen-bond acceptors (Lipinski definition) is 3. The monoisotopic (exact) mass is 254 g/mol. The summed E-state index contributed by atoms with van der Waals surface area (Å²) in [6, 6.07) is 11.8. The molecule has 3 nitrogen and oxygen atoms in total. The average molecular weight is 254 g/mol. The van der Waals surface area contributed by atoms with Gasteiger partial charge in [0.2, 0.25) is 0 Å². The highest BCUT2D eigenvalue weighted by atomic mass is 19.1. The van der Waals surface area contributed by atoms with Crippen LogP contribution in [0.25, 0.3) is 10.9 Å². The lowest BCUT2D eigenvalue weighted by Crippen LogP contribution is -2.05. The standard InChI is InChI=1S/C15H11FN2O/c16-12-6-3-9-18-14(12)15(19)11-4-1-7-13-10(11)5-2-8-17-13/h1-9,15,19H. The molecule has 0 aliphatic rings. The van der Waals surface area contributed by atoms with E-state index in [1.807, 2.05) is 12.1 Å². The molecule has 0 spiro atoms. The van der Waals surface area contributed by atoms with Gasteiger partial charge in [-0.05, 0) is 29.8 Å². The van der Waals surface area contributed by atoms with Crippen molar-refractivity contribution in [1.82, 2.24) is 9.97 Å². The van der Waals surface area contributed by atoms with Gasteiger partial charge in [0.15, 0.2) is 0 Å². The van der Waals surface area contributed by atoms with Crippen LogP contribution >= 0.6 is 0 Å². The van der Waals surface area contributed by atoms with Gasteiger partial charge in [-0.25, -0.2) is 4.39 Å². The maximum atomic E-state index is 13.7. The van der Waals surface area contributed by atoms with Gasteiger partial charge in [0, 0.05) is 17.8 Å². The zero-order valence-corrected chi connectivity index (χ0v) is 9.99. The van der Waals surface area contributed by atoms with Gasteiger partial charge in [-0.1, -0.05) is 18.2 Å². The molecular formula is C15H11FN2O. The Labute approximate surface area is 109 Å². The molecule has 2 aromatic heterocycles. The summed E-state index contributed by atoms with van der Waals surface area (Å²) in [5, 5.41) is 11.1. The van der Waals surface area contributed by atoms with Crippen molar-refractivity contribution >= 4 is 10.9 Å². The maximum absolute atomic E-state index is 13.7. The fraction of sp³-hybridized carbons (Fsp3) is 0.0667. The van der Waals surface area contributed by atoms with E-state index in [-0.39, 0.29) is 5.69 Å². The van der Waals surface area contributed by atoms with Crippen molar-refractivity contribution in [1.29, 1.82) is 0 Å². The molecule has 1 aromatic carbocycles. The van der Waals surface area contributed by atoms with Crippen LogP contribution in [0.4, 0.5) is 4.39 Å². The Balaban J connectivity index is 2.17. The highest BCUT2D eigenvalue weighted by Crippen LogP contribution is 2.28. The highest BCUT2D eigenvalue weighted by Gasteiger charge is 2.18. The van der Waals surface area contributed by atoms with Gasteiger partial charge in [0.25, 0.3) is 0 Å². The van der Waals surface area contributed by atoms with E-state index in [1.54, 1.807) is 24.4 Å². The van der Waals surface area contributed by atoms with E-state index in [1.165, 1.54) is 18.3 Å². The summed E-state index contributed by atoms with van der Waals surface area (Å²) in [6.45, 7) is 0. The molecule has 2 heterocycles. The third-order valence-corrected chi connectivity index (χ3v) is 3.02. The van der Waals surface area contributed by atoms with Crippen LogP contribution < -0.4 is 0 Å². The van der Waals surface area contributed by atoms with Crippen LogP contribution in [0.3, 0.4) is 0 Å². The number of rotatable bonds is 2. The number of nitrogens with zero attached hydrogens (tertiary/aromatic N) is 2. The van der Waals surface area contributed by atoms with E-state index in [0.29, 0.717) is 5.56 Å². The second-order valence-corrected chi connectivity index (χ2v) is 4.19. The molecule has 1 atom stereocenters. The molecule has 1 unspecified atom stereocenters. The summed E-state index contributed by atoms with van der Waals surface area (Å²) in [6.07, 6.45) is 2.04. The molecule has 0 amide bonds. The summed E-state index contributed by atoms with van der Waals surface area (Å²) in [4.78, 5) is 8.13. The van der Waals surface area contributed by atoms with Crippen molar-refractivity contribution in [3.63, 3.8) is 0 Å². The second kappa shape index (κ2) is 4.74. The van der Waals surface area contributed by atoms with Crippen LogP contribution in [-0.2, 0) is 0 Å². The normalized spacial score (nSPS) is 12.5. The molecule has 1 N–H and O–H groups in total. The lowest BCUT2D eigenvalue weighted by Gasteiger charge is -2.13. The summed E-state index contributed by atoms with van der Waals surface area (Å²) < 4.78 is 13.7. The van der Waals surface area contributed by atoms with Crippen LogP contribution in [0.1, 0.15) is 17.4 Å². The molecule has 4 heteroatoms. The van der Waals surface area contributed by atoms with Gasteiger partial charge in [0.05, 0.1) is 5.52 Å². The SMILES string of the molecule is OC(c1ncccc1F)c1cccc2ncccc12. The minimum atomic E-state index is -1.10. The van der Waals surface area contributed by atoms with Gasteiger partial charge in [-0.3, -0.25) is 9.97 Å². The highest BCUT2D eigenvalue weighted by molar-refractivity contribution is 5.82. The molecule has 0 aliphatic heterocycles. The molecule has 0 bridgehead atoms. The summed E-state index contributed by atoms with van der Waals surface area (Å²) in [5.41, 5.74) is 1.39. The lowest BCUT2D eigenvalue weighted by molar-refractivity contribution is 0.211. The first-order valence-corrected chi connectivity index (χ1v) is 5.89. The Hall–Kier alpha value is -2.33. The van der Waals surface area contributed by atoms with Crippen molar-refractivity contribution in [2.45, 2.75) is 6.10 Å². The Bertz CT molecular complexity index is 725. The van der Waals surface area contributed by atoms with Crippen LogP contribution in [0.5, 0.6) is 0 Å². The molecule has 19 heavy (non-hydrogen) atoms. The number of aliphatic hydroxyl groups excluding tert-OH is 1. The first-order valence-electron chi connectivity index (χ1n) is 5.89. The van der Waals surface area contributed by atoms with Crippen LogP contribution in [-0.4, -0.2) is 15.1 Å². The van der Waals surface area contributed by atoms with Crippen LogP contribution in [0.2, 0.25) is 0 Å². The van der Waals surface area contributed by atoms with Crippen LogP contribution in [0.15, 0.2) is 54.9 Å². The van der Waals surface area contributed by atoms with Crippen molar-refractivity contribution in [2.24, 2.45) is 0 Å². The number of halogens is 1. The number of hydrogen-bond donors (Lipinski definition) is 1. The van der Waals surface area contributed by atoms with Crippen molar-refractivity contribution in [2.75, 3.05) is 0 Å². The Morgan fingerprint density at radius 1 is 0.947 bits per heavy atom. The molecule has 0 aliphatic carbocycles. The van der Waals surface area contributed by atoms with Gasteiger partial charge in [-0.2, -0.15) is 0 Å². The van der Waals surface area contributed by atoms with E-state index in [9.17, 15) is 9.50 Å². The summed E-state index contributed by atoms with van der Waals surface area (Å²) >= 11 is 0. The smallest absolute Gasteiger partial charge is 0.147 e. The van der Waals surface area contributed by atoms with Gasteiger partial charge in [0.1, 0.15) is 17.6 Å². The number of fused-ring (bicyclic) bond motifs is 1. The Morgan fingerprint density at radius 3 is 2.58 bits per heavy atom. The third-order valence-electron chi connectivity index (χ3n) is 3.02. The first-order chi connectivity index (χ1) is 9.27. The third kappa shape index (κ3) is 2.06. The van der Waals surface area contributed by atoms with E-state index in [4.69, 9.17) is 0 Å². The number of benzene rings is 1. The molecule has 0 saturated carbocycles. The molecule has 94 valence electrons. The van der Waals surface area contributed by atoms with Crippen molar-refractivity contribution in [3.05, 3.63) is 71.9 Å². The van der Waals surface area contributed by atoms with E-state index >= 15 is 0 Å². The van der Waals surface area contributed by atoms with Gasteiger partial charge < -0.3 is 5.11 Å². The molecule has 3 aromatic rings. The second-order valence-electron chi connectivity index (χ2n) is 4.19. The Morgan fingerprint density at radius 2 is 1.74 bits per heavy atom.